The summed E-state index contributed by atoms with van der Waals surface area (Å²) in [5.74, 6) is 1.25. The number of hydrogen-bond donors (Lipinski definition) is 2. The minimum atomic E-state index is -0.570. The van der Waals surface area contributed by atoms with Gasteiger partial charge in [0.15, 0.2) is 0 Å². The van der Waals surface area contributed by atoms with E-state index in [0.29, 0.717) is 23.7 Å². The van der Waals surface area contributed by atoms with Crippen molar-refractivity contribution in [1.29, 1.82) is 0 Å². The van der Waals surface area contributed by atoms with Gasteiger partial charge in [-0.2, -0.15) is 5.48 Å². The molecule has 5 fully saturated rings. The third-order valence-corrected chi connectivity index (χ3v) is 14.1. The van der Waals surface area contributed by atoms with Crippen molar-refractivity contribution in [2.75, 3.05) is 13.7 Å². The smallest absolute Gasteiger partial charge is 0.322 e. The molecule has 0 bridgehead atoms. The van der Waals surface area contributed by atoms with E-state index in [0.717, 1.165) is 51.4 Å². The van der Waals surface area contributed by atoms with Crippen LogP contribution in [-0.4, -0.2) is 36.8 Å². The summed E-state index contributed by atoms with van der Waals surface area (Å²) in [5, 5.41) is 10.6. The van der Waals surface area contributed by atoms with E-state index in [-0.39, 0.29) is 46.2 Å². The van der Waals surface area contributed by atoms with E-state index in [9.17, 15) is 14.7 Å². The summed E-state index contributed by atoms with van der Waals surface area (Å²) >= 11 is 0. The van der Waals surface area contributed by atoms with Crippen molar-refractivity contribution in [1.82, 2.24) is 5.48 Å². The molecule has 0 aromatic carbocycles. The number of carbonyl (C=O) groups excluding carboxylic acids is 1. The van der Waals surface area contributed by atoms with Crippen molar-refractivity contribution in [3.05, 3.63) is 12.2 Å². The van der Waals surface area contributed by atoms with Crippen LogP contribution < -0.4 is 5.48 Å². The van der Waals surface area contributed by atoms with Crippen LogP contribution in [0.15, 0.2) is 12.2 Å². The molecular formula is C33H53NO5. The van der Waals surface area contributed by atoms with Gasteiger partial charge in [-0.05, 0) is 117 Å². The van der Waals surface area contributed by atoms with Crippen LogP contribution >= 0.6 is 0 Å². The highest BCUT2D eigenvalue weighted by Crippen LogP contribution is 2.77. The van der Waals surface area contributed by atoms with E-state index in [4.69, 9.17) is 9.57 Å². The zero-order chi connectivity index (χ0) is 28.6. The van der Waals surface area contributed by atoms with Crippen molar-refractivity contribution in [3.63, 3.8) is 0 Å². The van der Waals surface area contributed by atoms with Crippen LogP contribution in [0, 0.1) is 56.7 Å². The number of carboxylic acids is 1. The molecule has 220 valence electrons. The average Bonchev–Trinajstić information content (AvgIpc) is 3.26. The van der Waals surface area contributed by atoms with E-state index in [1.807, 2.05) is 0 Å². The summed E-state index contributed by atoms with van der Waals surface area (Å²) in [5.41, 5.74) is 3.63. The van der Waals surface area contributed by atoms with Gasteiger partial charge in [0.2, 0.25) is 0 Å². The normalized spacial score (nSPS) is 48.2. The summed E-state index contributed by atoms with van der Waals surface area (Å²) in [6.07, 6.45) is 10.1. The van der Waals surface area contributed by atoms with Crippen LogP contribution in [0.1, 0.15) is 106 Å². The van der Waals surface area contributed by atoms with Crippen LogP contribution in [0.3, 0.4) is 0 Å². The van der Waals surface area contributed by atoms with Crippen LogP contribution in [0.4, 0.5) is 0 Å². The Morgan fingerprint density at radius 3 is 2.26 bits per heavy atom. The summed E-state index contributed by atoms with van der Waals surface area (Å²) in [6.45, 7) is 18.9. The maximum atomic E-state index is 12.9. The Balaban J connectivity index is 1.45. The first kappa shape index (κ1) is 29.1. The predicted molar refractivity (Wildman–Crippen MR) is 151 cm³/mol. The van der Waals surface area contributed by atoms with Crippen molar-refractivity contribution in [2.45, 2.75) is 112 Å². The number of aliphatic carboxylic acids is 1. The van der Waals surface area contributed by atoms with Gasteiger partial charge in [0.25, 0.3) is 0 Å². The topological polar surface area (TPSA) is 84.9 Å². The van der Waals surface area contributed by atoms with Crippen molar-refractivity contribution in [2.24, 2.45) is 56.7 Å². The molecule has 0 heterocycles. The van der Waals surface area contributed by atoms with E-state index >= 15 is 0 Å². The van der Waals surface area contributed by atoms with Gasteiger partial charge in [-0.15, -0.1) is 0 Å². The minimum Gasteiger partial charge on any atom is -0.481 e. The van der Waals surface area contributed by atoms with Gasteiger partial charge in [-0.1, -0.05) is 46.8 Å². The Labute approximate surface area is 236 Å². The first-order valence-corrected chi connectivity index (χ1v) is 15.5. The lowest BCUT2D eigenvalue weighted by molar-refractivity contribution is -0.250. The van der Waals surface area contributed by atoms with Crippen LogP contribution in [0.5, 0.6) is 0 Å². The van der Waals surface area contributed by atoms with E-state index in [1.165, 1.54) is 25.5 Å². The number of carboxylic acid groups (broad SMARTS) is 1. The Hall–Kier alpha value is -1.40. The van der Waals surface area contributed by atoms with Gasteiger partial charge in [0.05, 0.1) is 12.5 Å². The maximum Gasteiger partial charge on any atom is 0.322 e. The molecule has 2 N–H and O–H groups in total. The molecule has 0 radical (unpaired) electrons. The molecule has 6 nitrogen and oxygen atoms in total. The molecular weight excluding hydrogens is 490 g/mol. The fraction of sp³-hybridized carbons (Fsp3) is 0.879. The lowest BCUT2D eigenvalue weighted by atomic mass is 9.32. The molecule has 5 saturated carbocycles. The molecule has 9 unspecified atom stereocenters. The summed E-state index contributed by atoms with van der Waals surface area (Å²) < 4.78 is 6.04. The highest BCUT2D eigenvalue weighted by atomic mass is 16.6. The Kier molecular flexibility index (Phi) is 7.15. The largest absolute Gasteiger partial charge is 0.481 e. The first-order valence-electron chi connectivity index (χ1n) is 15.5. The summed E-state index contributed by atoms with van der Waals surface area (Å²) in [4.78, 5) is 30.2. The lowest BCUT2D eigenvalue weighted by Gasteiger charge is -2.72. The van der Waals surface area contributed by atoms with Gasteiger partial charge >= 0.3 is 11.9 Å². The highest BCUT2D eigenvalue weighted by molar-refractivity contribution is 5.76. The molecule has 0 spiro atoms. The third kappa shape index (κ3) is 3.93. The summed E-state index contributed by atoms with van der Waals surface area (Å²) in [7, 11) is 1.51. The molecule has 0 aromatic heterocycles. The quantitative estimate of drug-likeness (QED) is 0.218. The zero-order valence-electron chi connectivity index (χ0n) is 25.5. The van der Waals surface area contributed by atoms with Gasteiger partial charge in [0, 0.05) is 5.41 Å². The number of hydrogen-bond acceptors (Lipinski definition) is 5. The molecule has 6 heteroatoms. The Morgan fingerprint density at radius 1 is 0.897 bits per heavy atom. The number of nitrogens with one attached hydrogen (secondary N) is 1. The molecule has 39 heavy (non-hydrogen) atoms. The molecule has 0 saturated heterocycles. The SMILES string of the molecule is C=C(C)C1CCC2(C(=O)O)CC[C@]3(C)C(CCC4C5(C)CCC(OC(=O)CNOC)C(C)(C)C5CCC43C)C12. The summed E-state index contributed by atoms with van der Waals surface area (Å²) in [6, 6.07) is 0. The van der Waals surface area contributed by atoms with Gasteiger partial charge in [-0.25, -0.2) is 0 Å². The fourth-order valence-corrected chi connectivity index (χ4v) is 12.0. The number of esters is 1. The lowest BCUT2D eigenvalue weighted by Crippen LogP contribution is -2.67. The van der Waals surface area contributed by atoms with E-state index in [2.05, 4.69) is 53.6 Å². The molecule has 0 amide bonds. The van der Waals surface area contributed by atoms with Crippen LogP contribution in [0.25, 0.3) is 0 Å². The van der Waals surface area contributed by atoms with Gasteiger partial charge in [0.1, 0.15) is 12.6 Å². The standard InChI is InChI=1S/C33H53NO5/c1-20(2)21-11-16-33(28(36)37)18-17-31(6)22(27(21)33)9-10-24-30(5)14-13-25(39-26(35)19-34-38-8)29(3,4)23(30)12-15-32(24,31)7/h21-25,27,34H,1,9-19H2,2-8H3,(H,36,37)/t21?,22?,23?,24?,25?,27?,30?,31-,32?,33?/m1/s1. The molecule has 0 aromatic rings. The van der Waals surface area contributed by atoms with E-state index in [1.54, 1.807) is 0 Å². The first-order chi connectivity index (χ1) is 18.2. The number of fused-ring (bicyclic) bond motifs is 7. The third-order valence-electron chi connectivity index (χ3n) is 14.1. The number of allylic oxidation sites excluding steroid dienone is 1. The monoisotopic (exact) mass is 543 g/mol. The molecule has 5 aliphatic rings. The molecule has 0 aliphatic heterocycles. The minimum absolute atomic E-state index is 0.0651. The average molecular weight is 544 g/mol. The number of carbonyl (C=O) groups is 2. The highest BCUT2D eigenvalue weighted by Gasteiger charge is 2.72. The number of ether oxygens (including phenoxy) is 1. The van der Waals surface area contributed by atoms with Crippen molar-refractivity contribution < 1.29 is 24.3 Å². The zero-order valence-corrected chi connectivity index (χ0v) is 25.5. The fourth-order valence-electron chi connectivity index (χ4n) is 12.0. The van der Waals surface area contributed by atoms with Crippen LogP contribution in [0.2, 0.25) is 0 Å². The predicted octanol–water partition coefficient (Wildman–Crippen LogP) is 6.79. The molecule has 10 atom stereocenters. The van der Waals surface area contributed by atoms with Gasteiger partial charge in [-0.3, -0.25) is 9.59 Å². The van der Waals surface area contributed by atoms with Crippen molar-refractivity contribution >= 4 is 11.9 Å². The van der Waals surface area contributed by atoms with Crippen molar-refractivity contribution in [3.8, 4) is 0 Å². The second kappa shape index (κ2) is 9.58. The van der Waals surface area contributed by atoms with E-state index < -0.39 is 11.4 Å². The van der Waals surface area contributed by atoms with Gasteiger partial charge < -0.3 is 14.7 Å². The molecule has 5 rings (SSSR count). The van der Waals surface area contributed by atoms with Crippen LogP contribution in [-0.2, 0) is 19.2 Å². The molecule has 5 aliphatic carbocycles. The number of rotatable bonds is 6. The Bertz CT molecular complexity index is 1020. The maximum absolute atomic E-state index is 12.9. The second-order valence-electron chi connectivity index (χ2n) is 15.5. The second-order valence-corrected chi connectivity index (χ2v) is 15.5. The Morgan fingerprint density at radius 2 is 1.62 bits per heavy atom. The number of hydroxylamine groups is 1.